The van der Waals surface area contributed by atoms with Crippen LogP contribution in [0.1, 0.15) is 24.0 Å². The minimum Gasteiger partial charge on any atom is -0.459 e. The molecule has 2 heterocycles. The summed E-state index contributed by atoms with van der Waals surface area (Å²) in [6, 6.07) is -0.142. The van der Waals surface area contributed by atoms with Crippen molar-refractivity contribution in [2.45, 2.75) is 13.3 Å². The van der Waals surface area contributed by atoms with E-state index < -0.39 is 17.8 Å². The van der Waals surface area contributed by atoms with Gasteiger partial charge in [-0.15, -0.1) is 0 Å². The molecule has 9 heteroatoms. The Morgan fingerprint density at radius 2 is 2.26 bits per heavy atom. The average molecular weight is 268 g/mol. The summed E-state index contributed by atoms with van der Waals surface area (Å²) in [5.74, 6) is -2.62. The molecule has 1 aromatic rings. The number of carbonyl (C=O) groups is 3. The highest BCUT2D eigenvalue weighted by Gasteiger charge is 2.37. The zero-order chi connectivity index (χ0) is 14.0. The maximum Gasteiger partial charge on any atom is 0.396 e. The van der Waals surface area contributed by atoms with Gasteiger partial charge in [-0.3, -0.25) is 14.5 Å². The second-order valence-corrected chi connectivity index (χ2v) is 3.92. The van der Waals surface area contributed by atoms with Gasteiger partial charge in [0, 0.05) is 13.0 Å². The van der Waals surface area contributed by atoms with Gasteiger partial charge in [-0.25, -0.2) is 4.79 Å². The van der Waals surface area contributed by atoms with Crippen molar-refractivity contribution < 1.29 is 23.5 Å². The summed E-state index contributed by atoms with van der Waals surface area (Å²) in [5, 5.41) is 7.06. The van der Waals surface area contributed by atoms with Crippen LogP contribution in [0.25, 0.3) is 0 Å². The van der Waals surface area contributed by atoms with E-state index in [2.05, 4.69) is 14.9 Å². The molecule has 19 heavy (non-hydrogen) atoms. The molecule has 0 radical (unpaired) electrons. The molecule has 1 saturated heterocycles. The Hall–Kier alpha value is -2.45. The lowest BCUT2D eigenvalue weighted by Gasteiger charge is -2.09. The van der Waals surface area contributed by atoms with Crippen molar-refractivity contribution in [3.8, 4) is 0 Å². The fraction of sp³-hybridized carbons (Fsp3) is 0.500. The molecular weight excluding hydrogens is 256 g/mol. The predicted molar refractivity (Wildman–Crippen MR) is 59.9 cm³/mol. The quantitative estimate of drug-likeness (QED) is 0.699. The fourth-order valence-electron chi connectivity index (χ4n) is 1.68. The monoisotopic (exact) mass is 268 g/mol. The van der Waals surface area contributed by atoms with Gasteiger partial charge in [0.25, 0.3) is 0 Å². The highest BCUT2D eigenvalue weighted by molar-refractivity contribution is 5.98. The van der Waals surface area contributed by atoms with Crippen LogP contribution in [0.4, 0.5) is 6.01 Å². The van der Waals surface area contributed by atoms with Crippen LogP contribution in [0.15, 0.2) is 4.42 Å². The maximum absolute atomic E-state index is 11.7. The smallest absolute Gasteiger partial charge is 0.396 e. The maximum atomic E-state index is 11.7. The number of nitrogens with two attached hydrogens (primary N) is 1. The van der Waals surface area contributed by atoms with Gasteiger partial charge >= 0.3 is 17.9 Å². The molecule has 102 valence electrons. The second-order valence-electron chi connectivity index (χ2n) is 3.92. The van der Waals surface area contributed by atoms with Crippen LogP contribution in [0.5, 0.6) is 0 Å². The summed E-state index contributed by atoms with van der Waals surface area (Å²) >= 11 is 0. The SMILES string of the molecule is CCOC(=O)c1nnc(N2CC(C(N)=O)CC2=O)o1. The van der Waals surface area contributed by atoms with E-state index >= 15 is 0 Å². The average Bonchev–Trinajstić information content (AvgIpc) is 2.95. The number of esters is 1. The van der Waals surface area contributed by atoms with E-state index in [9.17, 15) is 14.4 Å². The summed E-state index contributed by atoms with van der Waals surface area (Å²) in [6.07, 6.45) is -0.00749. The van der Waals surface area contributed by atoms with E-state index in [-0.39, 0.29) is 37.4 Å². The minimum absolute atomic E-state index is 0.00749. The first-order valence-corrected chi connectivity index (χ1v) is 5.63. The fourth-order valence-corrected chi connectivity index (χ4v) is 1.68. The van der Waals surface area contributed by atoms with Gasteiger partial charge in [-0.1, -0.05) is 10.2 Å². The standard InChI is InChI=1S/C10H12N4O5/c1-2-18-9(17)8-12-13-10(19-8)14-4-5(7(11)16)3-6(14)15/h5H,2-4H2,1H3,(H2,11,16). The van der Waals surface area contributed by atoms with Crippen LogP contribution < -0.4 is 10.6 Å². The number of aromatic nitrogens is 2. The molecule has 2 amide bonds. The Bertz CT molecular complexity index is 526. The first-order chi connectivity index (χ1) is 9.02. The molecule has 0 spiro atoms. The van der Waals surface area contributed by atoms with Crippen LogP contribution in [0.3, 0.4) is 0 Å². The van der Waals surface area contributed by atoms with E-state index in [0.717, 1.165) is 4.90 Å². The van der Waals surface area contributed by atoms with Crippen molar-refractivity contribution in [3.63, 3.8) is 0 Å². The Morgan fingerprint density at radius 3 is 2.84 bits per heavy atom. The van der Waals surface area contributed by atoms with Crippen molar-refractivity contribution in [1.29, 1.82) is 0 Å². The van der Waals surface area contributed by atoms with E-state index in [4.69, 9.17) is 10.2 Å². The van der Waals surface area contributed by atoms with E-state index in [0.29, 0.717) is 0 Å². The van der Waals surface area contributed by atoms with E-state index in [1.165, 1.54) is 0 Å². The van der Waals surface area contributed by atoms with Gasteiger partial charge in [0.1, 0.15) is 0 Å². The van der Waals surface area contributed by atoms with E-state index in [1.807, 2.05) is 0 Å². The number of amides is 2. The van der Waals surface area contributed by atoms with Crippen molar-refractivity contribution in [2.24, 2.45) is 11.7 Å². The molecule has 0 bridgehead atoms. The van der Waals surface area contributed by atoms with Crippen LogP contribution in [-0.2, 0) is 14.3 Å². The molecule has 1 aromatic heterocycles. The van der Waals surface area contributed by atoms with Crippen LogP contribution in [0, 0.1) is 5.92 Å². The molecule has 2 rings (SSSR count). The normalized spacial score (nSPS) is 18.7. The number of ether oxygens (including phenoxy) is 1. The summed E-state index contributed by atoms with van der Waals surface area (Å²) < 4.78 is 9.71. The largest absolute Gasteiger partial charge is 0.459 e. The zero-order valence-electron chi connectivity index (χ0n) is 10.2. The third-order valence-electron chi connectivity index (χ3n) is 2.62. The number of anilines is 1. The third-order valence-corrected chi connectivity index (χ3v) is 2.62. The lowest BCUT2D eigenvalue weighted by atomic mass is 10.1. The molecule has 1 aliphatic heterocycles. The molecule has 1 atom stereocenters. The predicted octanol–water partition coefficient (Wildman–Crippen LogP) is -0.915. The van der Waals surface area contributed by atoms with Crippen molar-refractivity contribution >= 4 is 23.8 Å². The first kappa shape index (κ1) is 13.0. The number of hydrogen-bond acceptors (Lipinski definition) is 7. The highest BCUT2D eigenvalue weighted by atomic mass is 16.5. The second kappa shape index (κ2) is 5.04. The summed E-state index contributed by atoms with van der Waals surface area (Å²) in [6.45, 7) is 1.87. The minimum atomic E-state index is -0.764. The van der Waals surface area contributed by atoms with Crippen LogP contribution in [0.2, 0.25) is 0 Å². The summed E-state index contributed by atoms with van der Waals surface area (Å²) in [4.78, 5) is 35.2. The van der Waals surface area contributed by atoms with Gasteiger partial charge in [-0.2, -0.15) is 0 Å². The number of carbonyl (C=O) groups excluding carboxylic acids is 3. The Morgan fingerprint density at radius 1 is 1.53 bits per heavy atom. The first-order valence-electron chi connectivity index (χ1n) is 5.63. The van der Waals surface area contributed by atoms with Crippen molar-refractivity contribution in [2.75, 3.05) is 18.1 Å². The van der Waals surface area contributed by atoms with Crippen molar-refractivity contribution in [3.05, 3.63) is 5.89 Å². The number of rotatable bonds is 4. The molecule has 0 saturated carbocycles. The summed E-state index contributed by atoms with van der Waals surface area (Å²) in [5.41, 5.74) is 5.13. The molecule has 1 fully saturated rings. The van der Waals surface area contributed by atoms with Gasteiger partial charge in [0.2, 0.25) is 11.8 Å². The lowest BCUT2D eigenvalue weighted by Crippen LogP contribution is -2.28. The molecule has 0 aromatic carbocycles. The molecular formula is C10H12N4O5. The van der Waals surface area contributed by atoms with Crippen LogP contribution in [-0.4, -0.2) is 41.1 Å². The topological polar surface area (TPSA) is 129 Å². The highest BCUT2D eigenvalue weighted by Crippen LogP contribution is 2.23. The van der Waals surface area contributed by atoms with Gasteiger partial charge in [-0.05, 0) is 6.92 Å². The molecule has 0 aliphatic carbocycles. The van der Waals surface area contributed by atoms with Crippen LogP contribution >= 0.6 is 0 Å². The molecule has 9 nitrogen and oxygen atoms in total. The molecule has 2 N–H and O–H groups in total. The van der Waals surface area contributed by atoms with Crippen molar-refractivity contribution in [1.82, 2.24) is 10.2 Å². The molecule has 1 aliphatic rings. The Balaban J connectivity index is 2.13. The Kier molecular flexibility index (Phi) is 3.45. The molecule has 1 unspecified atom stereocenters. The number of hydrogen-bond donors (Lipinski definition) is 1. The lowest BCUT2D eigenvalue weighted by molar-refractivity contribution is -0.123. The number of nitrogens with zero attached hydrogens (tertiary/aromatic N) is 3. The zero-order valence-corrected chi connectivity index (χ0v) is 10.2. The third kappa shape index (κ3) is 2.54. The Labute approximate surface area is 107 Å². The summed E-state index contributed by atoms with van der Waals surface area (Å²) in [7, 11) is 0. The number of primary amides is 1. The van der Waals surface area contributed by atoms with E-state index in [1.54, 1.807) is 6.92 Å². The van der Waals surface area contributed by atoms with Gasteiger partial charge in [0.05, 0.1) is 12.5 Å². The van der Waals surface area contributed by atoms with Gasteiger partial charge in [0.15, 0.2) is 0 Å². The van der Waals surface area contributed by atoms with Gasteiger partial charge < -0.3 is 14.9 Å².